The Morgan fingerprint density at radius 3 is 2.36 bits per heavy atom. The van der Waals surface area contributed by atoms with E-state index in [4.69, 9.17) is 0 Å². The summed E-state index contributed by atoms with van der Waals surface area (Å²) in [5, 5.41) is 0. The normalized spacial score (nSPS) is 23.2. The van der Waals surface area contributed by atoms with Crippen LogP contribution in [-0.4, -0.2) is 54.8 Å². The van der Waals surface area contributed by atoms with Crippen molar-refractivity contribution in [2.45, 2.75) is 19.4 Å². The van der Waals surface area contributed by atoms with Gasteiger partial charge in [-0.3, -0.25) is 14.4 Å². The number of nitrogens with one attached hydrogen (secondary N) is 1. The summed E-state index contributed by atoms with van der Waals surface area (Å²) >= 11 is 0. The van der Waals surface area contributed by atoms with E-state index in [-0.39, 0.29) is 30.2 Å². The molecule has 3 rings (SSSR count). The maximum absolute atomic E-state index is 12.6. The Morgan fingerprint density at radius 2 is 1.77 bits per heavy atom. The Morgan fingerprint density at radius 1 is 1.14 bits per heavy atom. The Balaban J connectivity index is 1.71. The number of nitrogens with zero attached hydrogens (tertiary/aromatic N) is 2. The highest BCUT2D eigenvalue weighted by Crippen LogP contribution is 2.21. The van der Waals surface area contributed by atoms with E-state index in [1.807, 2.05) is 18.2 Å². The molecule has 6 heteroatoms. The Hall–Kier alpha value is -2.21. The first-order chi connectivity index (χ1) is 10.6. The molecule has 0 aromatic heterocycles. The van der Waals surface area contributed by atoms with E-state index in [9.17, 15) is 14.4 Å². The Labute approximate surface area is 129 Å². The van der Waals surface area contributed by atoms with Crippen molar-refractivity contribution in [3.63, 3.8) is 0 Å². The first-order valence-corrected chi connectivity index (χ1v) is 7.60. The van der Waals surface area contributed by atoms with Crippen LogP contribution in [0.3, 0.4) is 0 Å². The maximum Gasteiger partial charge on any atom is 0.292 e. The fourth-order valence-corrected chi connectivity index (χ4v) is 3.26. The fraction of sp³-hybridized carbons (Fsp3) is 0.438. The highest BCUT2D eigenvalue weighted by atomic mass is 16.2. The van der Waals surface area contributed by atoms with Gasteiger partial charge in [0.05, 0.1) is 38.3 Å². The lowest BCUT2D eigenvalue weighted by atomic mass is 10.1. The topological polar surface area (TPSA) is 62.1 Å². The zero-order chi connectivity index (χ0) is 15.7. The van der Waals surface area contributed by atoms with Crippen molar-refractivity contribution >= 4 is 23.4 Å². The van der Waals surface area contributed by atoms with Gasteiger partial charge in [-0.1, -0.05) is 18.2 Å². The van der Waals surface area contributed by atoms with Gasteiger partial charge < -0.3 is 9.80 Å². The highest BCUT2D eigenvalue weighted by molar-refractivity contribution is 6.21. The lowest BCUT2D eigenvalue weighted by Gasteiger charge is -2.33. The number of benzene rings is 1. The van der Waals surface area contributed by atoms with Crippen LogP contribution in [0.5, 0.6) is 0 Å². The molecular weight excluding hydrogens is 282 g/mol. The molecule has 2 saturated heterocycles. The van der Waals surface area contributed by atoms with Gasteiger partial charge in [-0.25, -0.2) is 4.90 Å². The Bertz CT molecular complexity index is 594. The molecule has 0 unspecified atom stereocenters. The molecule has 0 aliphatic carbocycles. The maximum atomic E-state index is 12.6. The number of quaternary nitrogens is 1. The molecule has 3 amide bonds. The minimum atomic E-state index is -0.318. The smallest absolute Gasteiger partial charge is 0.292 e. The predicted molar refractivity (Wildman–Crippen MR) is 80.3 cm³/mol. The van der Waals surface area contributed by atoms with E-state index in [1.54, 1.807) is 24.0 Å². The average molecular weight is 302 g/mol. The molecule has 116 valence electrons. The number of hydrogen-bond donors (Lipinski definition) is 1. The van der Waals surface area contributed by atoms with Crippen LogP contribution in [-0.2, 0) is 14.4 Å². The molecule has 0 radical (unpaired) electrons. The molecule has 0 bridgehead atoms. The second-order valence-electron chi connectivity index (χ2n) is 5.82. The summed E-state index contributed by atoms with van der Waals surface area (Å²) in [6, 6.07) is 8.74. The van der Waals surface area contributed by atoms with Crippen LogP contribution in [0.2, 0.25) is 0 Å². The number of para-hydroxylation sites is 1. The number of rotatable bonds is 2. The van der Waals surface area contributed by atoms with Crippen molar-refractivity contribution < 1.29 is 19.3 Å². The van der Waals surface area contributed by atoms with E-state index in [1.165, 1.54) is 4.90 Å². The van der Waals surface area contributed by atoms with Crippen LogP contribution < -0.4 is 9.80 Å². The molecule has 22 heavy (non-hydrogen) atoms. The van der Waals surface area contributed by atoms with Gasteiger partial charge in [0.15, 0.2) is 6.04 Å². The summed E-state index contributed by atoms with van der Waals surface area (Å²) in [5.41, 5.74) is 0.641. The third-order valence-electron chi connectivity index (χ3n) is 4.50. The van der Waals surface area contributed by atoms with Gasteiger partial charge in [0.25, 0.3) is 5.91 Å². The number of imide groups is 1. The summed E-state index contributed by atoms with van der Waals surface area (Å²) in [6.45, 7) is 4.28. The standard InChI is InChI=1S/C16H19N3O3/c1-12(20)17-7-9-18(10-8-17)14-11-15(21)19(16(14)22)13-5-3-2-4-6-13/h2-6,14H,7-11H2,1H3/p+1/t14-/m1/s1. The van der Waals surface area contributed by atoms with Crippen molar-refractivity contribution in [2.24, 2.45) is 0 Å². The van der Waals surface area contributed by atoms with Crippen molar-refractivity contribution in [2.75, 3.05) is 31.1 Å². The lowest BCUT2D eigenvalue weighted by Crippen LogP contribution is -3.19. The number of anilines is 1. The summed E-state index contributed by atoms with van der Waals surface area (Å²) in [4.78, 5) is 40.4. The zero-order valence-electron chi connectivity index (χ0n) is 12.6. The van der Waals surface area contributed by atoms with Crippen molar-refractivity contribution in [1.82, 2.24) is 4.90 Å². The quantitative estimate of drug-likeness (QED) is 0.718. The SMILES string of the molecule is CC(=O)N1CC[NH+]([C@@H]2CC(=O)N(c3ccccc3)C2=O)CC1. The van der Waals surface area contributed by atoms with Crippen LogP contribution in [0.25, 0.3) is 0 Å². The highest BCUT2D eigenvalue weighted by Gasteiger charge is 2.46. The van der Waals surface area contributed by atoms with Gasteiger partial charge in [0, 0.05) is 6.92 Å². The molecule has 0 saturated carbocycles. The van der Waals surface area contributed by atoms with Crippen LogP contribution in [0.15, 0.2) is 30.3 Å². The van der Waals surface area contributed by atoms with Gasteiger partial charge in [-0.2, -0.15) is 0 Å². The molecule has 1 aromatic rings. The minimum absolute atomic E-state index is 0.0683. The summed E-state index contributed by atoms with van der Waals surface area (Å²) in [6.07, 6.45) is 0.253. The Kier molecular flexibility index (Phi) is 3.94. The molecule has 1 aromatic carbocycles. The number of amides is 3. The molecule has 2 aliphatic heterocycles. The molecule has 1 atom stereocenters. The van der Waals surface area contributed by atoms with Crippen molar-refractivity contribution in [1.29, 1.82) is 0 Å². The third-order valence-corrected chi connectivity index (χ3v) is 4.50. The molecule has 0 spiro atoms. The van der Waals surface area contributed by atoms with Gasteiger partial charge in [0.1, 0.15) is 0 Å². The first-order valence-electron chi connectivity index (χ1n) is 7.60. The van der Waals surface area contributed by atoms with Crippen LogP contribution in [0, 0.1) is 0 Å². The summed E-state index contributed by atoms with van der Waals surface area (Å²) in [5.74, 6) is -0.191. The number of hydrogen-bond acceptors (Lipinski definition) is 3. The number of carbonyl (C=O) groups is 3. The zero-order valence-corrected chi connectivity index (χ0v) is 12.6. The lowest BCUT2D eigenvalue weighted by molar-refractivity contribution is -0.918. The molecular formula is C16H20N3O3+. The van der Waals surface area contributed by atoms with Gasteiger partial charge in [0.2, 0.25) is 11.8 Å². The molecule has 2 heterocycles. The number of piperazine rings is 1. The second kappa shape index (κ2) is 5.88. The molecule has 1 N–H and O–H groups in total. The summed E-state index contributed by atoms with van der Waals surface area (Å²) < 4.78 is 0. The van der Waals surface area contributed by atoms with E-state index in [0.29, 0.717) is 31.9 Å². The van der Waals surface area contributed by atoms with Gasteiger partial charge in [-0.15, -0.1) is 0 Å². The monoisotopic (exact) mass is 302 g/mol. The van der Waals surface area contributed by atoms with Crippen LogP contribution in [0.1, 0.15) is 13.3 Å². The fourth-order valence-electron chi connectivity index (χ4n) is 3.26. The average Bonchev–Trinajstić information content (AvgIpc) is 2.83. The second-order valence-corrected chi connectivity index (χ2v) is 5.82. The minimum Gasteiger partial charge on any atom is -0.332 e. The van der Waals surface area contributed by atoms with E-state index in [0.717, 1.165) is 4.90 Å². The molecule has 6 nitrogen and oxygen atoms in total. The molecule has 2 aliphatic rings. The van der Waals surface area contributed by atoms with Crippen LogP contribution >= 0.6 is 0 Å². The largest absolute Gasteiger partial charge is 0.332 e. The van der Waals surface area contributed by atoms with E-state index < -0.39 is 0 Å². The molecule has 2 fully saturated rings. The third kappa shape index (κ3) is 2.62. The first kappa shape index (κ1) is 14.7. The van der Waals surface area contributed by atoms with Gasteiger partial charge >= 0.3 is 0 Å². The summed E-state index contributed by atoms with van der Waals surface area (Å²) in [7, 11) is 0. The van der Waals surface area contributed by atoms with E-state index >= 15 is 0 Å². The van der Waals surface area contributed by atoms with Gasteiger partial charge in [-0.05, 0) is 12.1 Å². The number of carbonyl (C=O) groups excluding carboxylic acids is 3. The van der Waals surface area contributed by atoms with Crippen LogP contribution in [0.4, 0.5) is 5.69 Å². The van der Waals surface area contributed by atoms with Crippen molar-refractivity contribution in [3.05, 3.63) is 30.3 Å². The van der Waals surface area contributed by atoms with E-state index in [2.05, 4.69) is 0 Å². The predicted octanol–water partition coefficient (Wildman–Crippen LogP) is -0.934. The van der Waals surface area contributed by atoms with Crippen molar-refractivity contribution in [3.8, 4) is 0 Å².